The number of fused-ring (bicyclic) bond motifs is 2. The predicted molar refractivity (Wildman–Crippen MR) is 355 cm³/mol. The first-order valence-corrected chi connectivity index (χ1v) is 34.3. The number of anilines is 6. The number of hydrogen-bond donors (Lipinski definition) is 0. The smallest absolute Gasteiger partial charge is 0.378 e. The number of ether oxygens (including phenoxy) is 1. The number of hydrogen-bond acceptors (Lipinski definition) is 15. The number of rotatable bonds is 23. The van der Waals surface area contributed by atoms with E-state index in [-0.39, 0.29) is 71.9 Å². The first-order chi connectivity index (χ1) is 47.7. The van der Waals surface area contributed by atoms with Crippen molar-refractivity contribution < 1.29 is 62.2 Å². The summed E-state index contributed by atoms with van der Waals surface area (Å²) in [6.45, 7) is 13.4. The van der Waals surface area contributed by atoms with Gasteiger partial charge >= 0.3 is 24.7 Å². The number of carbonyl (C=O) groups excluding carboxylic acids is 1. The van der Waals surface area contributed by atoms with E-state index in [0.717, 1.165) is 43.9 Å². The van der Waals surface area contributed by atoms with Crippen molar-refractivity contribution in [1.29, 1.82) is 0 Å². The van der Waals surface area contributed by atoms with Gasteiger partial charge in [-0.25, -0.2) is 34.6 Å². The molecule has 2 aliphatic heterocycles. The topological polar surface area (TPSA) is 159 Å². The van der Waals surface area contributed by atoms with E-state index in [0.29, 0.717) is 170 Å². The van der Waals surface area contributed by atoms with E-state index in [2.05, 4.69) is 24.9 Å². The highest BCUT2D eigenvalue weighted by Gasteiger charge is 2.51. The Bertz CT molecular complexity index is 4300. The minimum atomic E-state index is -5.11. The maximum Gasteiger partial charge on any atom is 0.416 e. The Morgan fingerprint density at radius 1 is 0.505 bits per heavy atom. The zero-order chi connectivity index (χ0) is 71.4. The van der Waals surface area contributed by atoms with Gasteiger partial charge in [-0.1, -0.05) is 0 Å². The van der Waals surface area contributed by atoms with Gasteiger partial charge in [0.2, 0.25) is 17.8 Å². The van der Waals surface area contributed by atoms with Crippen molar-refractivity contribution in [1.82, 2.24) is 49.5 Å². The number of pyridine rings is 2. The van der Waals surface area contributed by atoms with Crippen LogP contribution < -0.4 is 29.4 Å². The molecule has 8 heterocycles. The second kappa shape index (κ2) is 26.4. The molecule has 6 aliphatic rings. The van der Waals surface area contributed by atoms with Crippen molar-refractivity contribution in [2.45, 2.75) is 142 Å². The predicted octanol–water partition coefficient (Wildman–Crippen LogP) is 14.5. The van der Waals surface area contributed by atoms with Crippen LogP contribution in [0.3, 0.4) is 0 Å². The molecular formula is C71H78F12N16O2. The highest BCUT2D eigenvalue weighted by Crippen LogP contribution is 2.51. The van der Waals surface area contributed by atoms with Gasteiger partial charge in [0, 0.05) is 107 Å². The second-order valence-corrected chi connectivity index (χ2v) is 29.4. The van der Waals surface area contributed by atoms with Gasteiger partial charge in [-0.3, -0.25) is 9.48 Å². The highest BCUT2D eigenvalue weighted by atomic mass is 19.4. The van der Waals surface area contributed by atoms with Crippen molar-refractivity contribution in [3.63, 3.8) is 0 Å². The molecule has 0 spiro atoms. The monoisotopic (exact) mass is 1410 g/mol. The summed E-state index contributed by atoms with van der Waals surface area (Å²) in [5.41, 5.74) is -2.11. The third-order valence-corrected chi connectivity index (χ3v) is 20.2. The SMILES string of the molecule is Cc1nn(C)c2nc(N(CC3CC3)CC3CC3C3CCN(c4cnc(N(Cc5cc(C(F)(F)F)cc(C(F)(F)F)c5)Cc5cc6c(C)nn(C(C)(C)C)c6nc5N(CC5CC5)CC5CC5)nc4)C3=O)c(CN(Cc3cc(C(F)(F)F)cc(C(F)(F)F)c3)c3ncc(N4CCOCC4)cn3)cc12. The molecule has 30 heteroatoms. The summed E-state index contributed by atoms with van der Waals surface area (Å²) in [5.74, 6) is 1.64. The molecule has 3 atom stereocenters. The lowest BCUT2D eigenvalue weighted by Crippen LogP contribution is -2.36. The summed E-state index contributed by atoms with van der Waals surface area (Å²) in [4.78, 5) is 55.5. The minimum Gasteiger partial charge on any atom is -0.378 e. The molecule has 101 heavy (non-hydrogen) atoms. The Kier molecular flexibility index (Phi) is 18.1. The Morgan fingerprint density at radius 3 is 1.38 bits per heavy atom. The molecule has 0 bridgehead atoms. The van der Waals surface area contributed by atoms with Crippen LogP contribution in [0.25, 0.3) is 22.1 Å². The van der Waals surface area contributed by atoms with E-state index in [1.54, 1.807) is 38.8 Å². The van der Waals surface area contributed by atoms with E-state index in [4.69, 9.17) is 29.8 Å². The van der Waals surface area contributed by atoms with Crippen LogP contribution in [0, 0.1) is 49.4 Å². The average Bonchev–Trinajstić information content (AvgIpc) is 1.63. The van der Waals surface area contributed by atoms with Gasteiger partial charge in [-0.05, 0) is 175 Å². The fraction of sp³-hybridized carbons (Fsp3) is 0.535. The Labute approximate surface area is 575 Å². The molecular weight excluding hydrogens is 1340 g/mol. The van der Waals surface area contributed by atoms with Gasteiger partial charge < -0.3 is 34.1 Å². The lowest BCUT2D eigenvalue weighted by molar-refractivity contribution is -0.144. The van der Waals surface area contributed by atoms with Crippen molar-refractivity contribution >= 4 is 62.9 Å². The van der Waals surface area contributed by atoms with E-state index in [1.807, 2.05) is 56.3 Å². The van der Waals surface area contributed by atoms with Crippen LogP contribution in [-0.4, -0.2) is 114 Å². The first-order valence-electron chi connectivity index (χ1n) is 34.3. The van der Waals surface area contributed by atoms with Crippen molar-refractivity contribution in [2.75, 3.05) is 88.4 Å². The van der Waals surface area contributed by atoms with Crippen LogP contribution >= 0.6 is 0 Å². The average molecular weight is 1420 g/mol. The Hall–Kier alpha value is -8.57. The van der Waals surface area contributed by atoms with Crippen LogP contribution in [-0.2, 0) is 73.0 Å². The third kappa shape index (κ3) is 15.5. The summed E-state index contributed by atoms with van der Waals surface area (Å²) >= 11 is 0. The number of aromatic nitrogens is 10. The zero-order valence-electron chi connectivity index (χ0n) is 56.7. The molecule has 0 radical (unpaired) electrons. The first kappa shape index (κ1) is 69.5. The summed E-state index contributed by atoms with van der Waals surface area (Å²) < 4.78 is 182. The number of morpholine rings is 1. The molecule has 4 saturated carbocycles. The van der Waals surface area contributed by atoms with Gasteiger partial charge in [-0.2, -0.15) is 62.9 Å². The lowest BCUT2D eigenvalue weighted by Gasteiger charge is -2.30. The summed E-state index contributed by atoms with van der Waals surface area (Å²) in [7, 11) is 1.76. The number of benzene rings is 2. The van der Waals surface area contributed by atoms with Gasteiger partial charge in [0.1, 0.15) is 11.6 Å². The molecule has 14 rings (SSSR count). The zero-order valence-corrected chi connectivity index (χ0v) is 56.7. The number of aryl methyl sites for hydroxylation is 3. The Balaban J connectivity index is 0.755. The van der Waals surface area contributed by atoms with E-state index in [1.165, 1.54) is 12.4 Å². The maximum atomic E-state index is 14.8. The minimum absolute atomic E-state index is 0.0129. The fourth-order valence-electron chi connectivity index (χ4n) is 14.3. The van der Waals surface area contributed by atoms with Crippen LogP contribution in [0.2, 0.25) is 0 Å². The Morgan fingerprint density at radius 2 is 0.931 bits per heavy atom. The molecule has 538 valence electrons. The molecule has 2 aromatic carbocycles. The van der Waals surface area contributed by atoms with Crippen molar-refractivity contribution in [2.24, 2.45) is 42.6 Å². The molecule has 6 fully saturated rings. The fourth-order valence-corrected chi connectivity index (χ4v) is 14.3. The molecule has 4 aliphatic carbocycles. The summed E-state index contributed by atoms with van der Waals surface area (Å²) in [6.07, 6.45) is -7.15. The molecule has 1 amide bonds. The van der Waals surface area contributed by atoms with Crippen LogP contribution in [0.5, 0.6) is 0 Å². The maximum absolute atomic E-state index is 14.8. The molecule has 8 aromatic rings. The normalized spacial score (nSPS) is 19.3. The molecule has 18 nitrogen and oxygen atoms in total. The van der Waals surface area contributed by atoms with Gasteiger partial charge in [0.15, 0.2) is 11.3 Å². The van der Waals surface area contributed by atoms with Gasteiger partial charge in [0.05, 0.1) is 88.6 Å². The van der Waals surface area contributed by atoms with Crippen LogP contribution in [0.1, 0.15) is 128 Å². The van der Waals surface area contributed by atoms with E-state index < -0.39 is 71.5 Å². The number of amides is 1. The van der Waals surface area contributed by atoms with E-state index >= 15 is 0 Å². The molecule has 3 unspecified atom stereocenters. The quantitative estimate of drug-likeness (QED) is 0.0556. The standard InChI is InChI=1S/C71H78F12N16O2/c1-40-57-24-48(38-96(65-84-28-54(29-85-65)93-15-17-101-18-16-93)35-45-19-50(68(72,73)74)26-51(20-45)69(75,76)77)60(88-62(57)92(6)90-40)95(34-44-11-12-44)37-47-23-59(47)56-13-14-98(64(56)100)55-30-86-66(87-31-55)97(36-46-21-52(70(78,79)80)27-53(22-46)71(81,82)83)39-49-25-58-41(2)91-99(67(3,4)5)63(58)89-61(49)94(32-42-7-8-42)33-43-9-10-43/h19-22,24-31,42-44,47,56,59H,7-18,23,32-39H2,1-6H3. The third-order valence-electron chi connectivity index (χ3n) is 20.2. The highest BCUT2D eigenvalue weighted by molar-refractivity contribution is 5.97. The number of halogens is 12. The summed E-state index contributed by atoms with van der Waals surface area (Å²) in [5, 5.41) is 11.0. The van der Waals surface area contributed by atoms with Crippen molar-refractivity contribution in [3.8, 4) is 0 Å². The second-order valence-electron chi connectivity index (χ2n) is 29.4. The largest absolute Gasteiger partial charge is 0.416 e. The number of nitrogens with zero attached hydrogens (tertiary/aromatic N) is 16. The van der Waals surface area contributed by atoms with Crippen LogP contribution in [0.15, 0.2) is 73.3 Å². The summed E-state index contributed by atoms with van der Waals surface area (Å²) in [6, 6.07) is 6.91. The van der Waals surface area contributed by atoms with Crippen molar-refractivity contribution in [3.05, 3.63) is 129 Å². The lowest BCUT2D eigenvalue weighted by atomic mass is 10.0. The number of carbonyl (C=O) groups is 1. The molecule has 6 aromatic heterocycles. The van der Waals surface area contributed by atoms with Gasteiger partial charge in [-0.15, -0.1) is 0 Å². The molecule has 0 N–H and O–H groups in total. The van der Waals surface area contributed by atoms with E-state index in [9.17, 15) is 57.5 Å². The van der Waals surface area contributed by atoms with Gasteiger partial charge in [0.25, 0.3) is 0 Å². The number of alkyl halides is 12. The molecule has 2 saturated heterocycles. The van der Waals surface area contributed by atoms with Crippen LogP contribution in [0.4, 0.5) is 87.6 Å².